The fourth-order valence-corrected chi connectivity index (χ4v) is 2.16. The molecule has 6 nitrogen and oxygen atoms in total. The number of carboxylic acids is 1. The summed E-state index contributed by atoms with van der Waals surface area (Å²) in [7, 11) is 0. The van der Waals surface area contributed by atoms with E-state index in [2.05, 4.69) is 15.2 Å². The molecule has 102 valence electrons. The van der Waals surface area contributed by atoms with Crippen LogP contribution in [-0.4, -0.2) is 46.5 Å². The van der Waals surface area contributed by atoms with Crippen molar-refractivity contribution >= 4 is 17.6 Å². The van der Waals surface area contributed by atoms with Crippen LogP contribution in [0.3, 0.4) is 0 Å². The van der Waals surface area contributed by atoms with E-state index in [4.69, 9.17) is 5.11 Å². The third-order valence-electron chi connectivity index (χ3n) is 3.18. The van der Waals surface area contributed by atoms with E-state index in [1.807, 2.05) is 0 Å². The molecular weight excluding hydrogens is 246 g/mol. The van der Waals surface area contributed by atoms with Gasteiger partial charge in [-0.15, -0.1) is 0 Å². The highest BCUT2D eigenvalue weighted by Gasteiger charge is 2.15. The Bertz CT molecular complexity index is 470. The van der Waals surface area contributed by atoms with Gasteiger partial charge < -0.3 is 15.3 Å². The highest BCUT2D eigenvalue weighted by molar-refractivity contribution is 6.00. The molecule has 0 spiro atoms. The summed E-state index contributed by atoms with van der Waals surface area (Å²) in [6.45, 7) is 2.80. The van der Waals surface area contributed by atoms with Gasteiger partial charge in [0.2, 0.25) is 5.91 Å². The van der Waals surface area contributed by atoms with E-state index in [9.17, 15) is 9.59 Å². The number of rotatable bonds is 5. The van der Waals surface area contributed by atoms with Gasteiger partial charge >= 0.3 is 5.97 Å². The van der Waals surface area contributed by atoms with Crippen LogP contribution >= 0.6 is 0 Å². The zero-order valence-electron chi connectivity index (χ0n) is 10.6. The lowest BCUT2D eigenvalue weighted by molar-refractivity contribution is -0.116. The van der Waals surface area contributed by atoms with Crippen molar-refractivity contribution < 1.29 is 14.7 Å². The molecule has 0 aliphatic carbocycles. The molecule has 0 bridgehead atoms. The number of amides is 1. The van der Waals surface area contributed by atoms with E-state index in [1.165, 1.54) is 31.3 Å². The lowest BCUT2D eigenvalue weighted by Crippen LogP contribution is -2.25. The predicted octanol–water partition coefficient (Wildman–Crippen LogP) is 1.20. The van der Waals surface area contributed by atoms with Crippen molar-refractivity contribution in [2.75, 3.05) is 25.0 Å². The van der Waals surface area contributed by atoms with E-state index < -0.39 is 5.97 Å². The van der Waals surface area contributed by atoms with Crippen molar-refractivity contribution in [3.63, 3.8) is 0 Å². The largest absolute Gasteiger partial charge is 0.478 e. The number of aromatic nitrogens is 1. The van der Waals surface area contributed by atoms with Crippen LogP contribution in [0.15, 0.2) is 18.5 Å². The van der Waals surface area contributed by atoms with Crippen LogP contribution in [0.5, 0.6) is 0 Å². The molecule has 1 aromatic heterocycles. The summed E-state index contributed by atoms with van der Waals surface area (Å²) in [5, 5.41) is 11.6. The fourth-order valence-electron chi connectivity index (χ4n) is 2.16. The molecular formula is C13H17N3O3. The van der Waals surface area contributed by atoms with Gasteiger partial charge in [0.15, 0.2) is 0 Å². The van der Waals surface area contributed by atoms with Gasteiger partial charge in [-0.05, 0) is 32.0 Å². The van der Waals surface area contributed by atoms with Crippen molar-refractivity contribution in [1.82, 2.24) is 9.88 Å². The lowest BCUT2D eigenvalue weighted by Gasteiger charge is -2.14. The number of pyridine rings is 1. The SMILES string of the molecule is O=C(CCN1CCCC1)Nc1cnccc1C(=O)O. The molecule has 0 atom stereocenters. The molecule has 1 fully saturated rings. The molecule has 0 aromatic carbocycles. The first-order valence-electron chi connectivity index (χ1n) is 6.36. The van der Waals surface area contributed by atoms with E-state index in [0.717, 1.165) is 13.1 Å². The normalized spacial score (nSPS) is 15.4. The summed E-state index contributed by atoms with van der Waals surface area (Å²) in [5.74, 6) is -1.25. The Morgan fingerprint density at radius 3 is 2.79 bits per heavy atom. The Morgan fingerprint density at radius 2 is 2.11 bits per heavy atom. The number of nitrogens with one attached hydrogen (secondary N) is 1. The molecule has 0 radical (unpaired) electrons. The van der Waals surface area contributed by atoms with Crippen molar-refractivity contribution in [2.24, 2.45) is 0 Å². The third kappa shape index (κ3) is 3.75. The van der Waals surface area contributed by atoms with Gasteiger partial charge in [-0.1, -0.05) is 0 Å². The van der Waals surface area contributed by atoms with Crippen molar-refractivity contribution in [3.8, 4) is 0 Å². The van der Waals surface area contributed by atoms with Crippen LogP contribution in [-0.2, 0) is 4.79 Å². The van der Waals surface area contributed by atoms with Crippen LogP contribution in [0, 0.1) is 0 Å². The molecule has 0 saturated carbocycles. The van der Waals surface area contributed by atoms with E-state index in [-0.39, 0.29) is 17.2 Å². The van der Waals surface area contributed by atoms with Gasteiger partial charge in [0.25, 0.3) is 0 Å². The molecule has 1 aliphatic heterocycles. The highest BCUT2D eigenvalue weighted by Crippen LogP contribution is 2.14. The zero-order chi connectivity index (χ0) is 13.7. The van der Waals surface area contributed by atoms with Gasteiger partial charge in [-0.25, -0.2) is 4.79 Å². The van der Waals surface area contributed by atoms with Gasteiger partial charge in [0, 0.05) is 19.2 Å². The average Bonchev–Trinajstić information content (AvgIpc) is 2.90. The Balaban J connectivity index is 1.89. The first-order valence-corrected chi connectivity index (χ1v) is 6.36. The second kappa shape index (κ2) is 6.29. The Hall–Kier alpha value is -1.95. The van der Waals surface area contributed by atoms with Gasteiger partial charge in [-0.3, -0.25) is 9.78 Å². The molecule has 0 unspecified atom stereocenters. The maximum Gasteiger partial charge on any atom is 0.337 e. The van der Waals surface area contributed by atoms with Crippen LogP contribution < -0.4 is 5.32 Å². The average molecular weight is 263 g/mol. The first kappa shape index (κ1) is 13.5. The van der Waals surface area contributed by atoms with Gasteiger partial charge in [0.05, 0.1) is 17.4 Å². The maximum absolute atomic E-state index is 11.8. The van der Waals surface area contributed by atoms with E-state index in [1.54, 1.807) is 0 Å². The van der Waals surface area contributed by atoms with Gasteiger partial charge in [0.1, 0.15) is 0 Å². The number of nitrogens with zero attached hydrogens (tertiary/aromatic N) is 2. The summed E-state index contributed by atoms with van der Waals surface area (Å²) >= 11 is 0. The third-order valence-corrected chi connectivity index (χ3v) is 3.18. The van der Waals surface area contributed by atoms with Crippen molar-refractivity contribution in [2.45, 2.75) is 19.3 Å². The molecule has 1 aromatic rings. The summed E-state index contributed by atoms with van der Waals surface area (Å²) < 4.78 is 0. The van der Waals surface area contributed by atoms with Crippen molar-refractivity contribution in [3.05, 3.63) is 24.0 Å². The second-order valence-electron chi connectivity index (χ2n) is 4.57. The highest BCUT2D eigenvalue weighted by atomic mass is 16.4. The Labute approximate surface area is 111 Å². The summed E-state index contributed by atoms with van der Waals surface area (Å²) in [6, 6.07) is 1.37. The van der Waals surface area contributed by atoms with Gasteiger partial charge in [-0.2, -0.15) is 0 Å². The lowest BCUT2D eigenvalue weighted by atomic mass is 10.2. The van der Waals surface area contributed by atoms with Crippen LogP contribution in [0.1, 0.15) is 29.6 Å². The number of anilines is 1. The minimum absolute atomic E-state index is 0.0597. The quantitative estimate of drug-likeness (QED) is 0.834. The summed E-state index contributed by atoms with van der Waals surface area (Å²) in [5.41, 5.74) is 0.311. The standard InChI is InChI=1S/C13H17N3O3/c17-12(4-8-16-6-1-2-7-16)15-11-9-14-5-3-10(11)13(18)19/h3,5,9H,1-2,4,6-8H2,(H,15,17)(H,18,19). The molecule has 2 N–H and O–H groups in total. The van der Waals surface area contributed by atoms with Crippen LogP contribution in [0.25, 0.3) is 0 Å². The minimum atomic E-state index is -1.07. The predicted molar refractivity (Wildman–Crippen MR) is 70.1 cm³/mol. The minimum Gasteiger partial charge on any atom is -0.478 e. The molecule has 1 saturated heterocycles. The molecule has 1 aliphatic rings. The Morgan fingerprint density at radius 1 is 1.37 bits per heavy atom. The number of aromatic carboxylic acids is 1. The number of likely N-dealkylation sites (tertiary alicyclic amines) is 1. The molecule has 19 heavy (non-hydrogen) atoms. The second-order valence-corrected chi connectivity index (χ2v) is 4.57. The van der Waals surface area contributed by atoms with E-state index in [0.29, 0.717) is 13.0 Å². The molecule has 6 heteroatoms. The summed E-state index contributed by atoms with van der Waals surface area (Å²) in [4.78, 5) is 28.8. The Kier molecular flexibility index (Phi) is 4.46. The fraction of sp³-hybridized carbons (Fsp3) is 0.462. The molecule has 2 heterocycles. The molecule has 1 amide bonds. The first-order chi connectivity index (χ1) is 9.16. The van der Waals surface area contributed by atoms with E-state index >= 15 is 0 Å². The number of carbonyl (C=O) groups is 2. The number of carboxylic acid groups (broad SMARTS) is 1. The van der Waals surface area contributed by atoms with Crippen LogP contribution in [0.2, 0.25) is 0 Å². The molecule has 2 rings (SSSR count). The van der Waals surface area contributed by atoms with Crippen LogP contribution in [0.4, 0.5) is 5.69 Å². The maximum atomic E-state index is 11.8. The zero-order valence-corrected chi connectivity index (χ0v) is 10.6. The number of carbonyl (C=O) groups excluding carboxylic acids is 1. The smallest absolute Gasteiger partial charge is 0.337 e. The summed E-state index contributed by atoms with van der Waals surface area (Å²) in [6.07, 6.45) is 5.50. The van der Waals surface area contributed by atoms with Crippen molar-refractivity contribution in [1.29, 1.82) is 0 Å². The number of hydrogen-bond acceptors (Lipinski definition) is 4. The monoisotopic (exact) mass is 263 g/mol. The number of hydrogen-bond donors (Lipinski definition) is 2. The topological polar surface area (TPSA) is 82.5 Å².